The summed E-state index contributed by atoms with van der Waals surface area (Å²) in [6, 6.07) is 7.01. The molecule has 3 rings (SSSR count). The summed E-state index contributed by atoms with van der Waals surface area (Å²) < 4.78 is 33.0. The van der Waals surface area contributed by atoms with Gasteiger partial charge in [-0.05, 0) is 31.5 Å². The third-order valence-electron chi connectivity index (χ3n) is 4.44. The fourth-order valence-corrected chi connectivity index (χ4v) is 4.54. The molecule has 1 aromatic carbocycles. The molecule has 1 saturated heterocycles. The lowest BCUT2D eigenvalue weighted by molar-refractivity contribution is 0.122. The Labute approximate surface area is 156 Å². The predicted molar refractivity (Wildman–Crippen MR) is 101 cm³/mol. The summed E-state index contributed by atoms with van der Waals surface area (Å²) in [6.45, 7) is 6.06. The number of nitrogens with zero attached hydrogens (tertiary/aromatic N) is 1. The molecule has 1 aliphatic rings. The number of H-pyrrole nitrogens is 2. The first-order valence-electron chi connectivity index (χ1n) is 8.56. The first-order chi connectivity index (χ1) is 12.8. The monoisotopic (exact) mass is 394 g/mol. The molecule has 1 atom stereocenters. The van der Waals surface area contributed by atoms with Crippen LogP contribution in [0.2, 0.25) is 0 Å². The van der Waals surface area contributed by atoms with Gasteiger partial charge < -0.3 is 14.6 Å². The average Bonchev–Trinajstić information content (AvgIpc) is 2.61. The molecule has 1 unspecified atom stereocenters. The van der Waals surface area contributed by atoms with Crippen LogP contribution in [0.15, 0.2) is 38.8 Å². The fraction of sp³-hybridized carbons (Fsp3) is 0.412. The van der Waals surface area contributed by atoms with Crippen LogP contribution in [-0.4, -0.2) is 44.7 Å². The number of anilines is 1. The number of aromatic nitrogens is 2. The summed E-state index contributed by atoms with van der Waals surface area (Å²) >= 11 is 0. The minimum absolute atomic E-state index is 0.00823. The molecule has 0 saturated carbocycles. The molecule has 0 aliphatic carbocycles. The molecule has 1 aliphatic heterocycles. The van der Waals surface area contributed by atoms with Gasteiger partial charge in [-0.3, -0.25) is 9.78 Å². The molecule has 0 spiro atoms. The van der Waals surface area contributed by atoms with Crippen molar-refractivity contribution in [2.75, 3.05) is 31.2 Å². The Balaban J connectivity index is 1.79. The summed E-state index contributed by atoms with van der Waals surface area (Å²) in [5, 5.41) is 0. The van der Waals surface area contributed by atoms with E-state index in [1.807, 2.05) is 29.2 Å². The molecule has 27 heavy (non-hydrogen) atoms. The second-order valence-corrected chi connectivity index (χ2v) is 8.05. The van der Waals surface area contributed by atoms with Crippen molar-refractivity contribution in [1.29, 1.82) is 0 Å². The third kappa shape index (κ3) is 4.29. The maximum Gasteiger partial charge on any atom is 0.325 e. The van der Waals surface area contributed by atoms with E-state index in [1.54, 1.807) is 6.92 Å². The minimum atomic E-state index is -4.11. The Kier molecular flexibility index (Phi) is 5.49. The van der Waals surface area contributed by atoms with Crippen molar-refractivity contribution < 1.29 is 13.2 Å². The topological polar surface area (TPSA) is 124 Å². The van der Waals surface area contributed by atoms with Crippen LogP contribution in [-0.2, 0) is 14.8 Å². The number of benzene rings is 1. The number of aryl methyl sites for hydroxylation is 1. The average molecular weight is 394 g/mol. The molecule has 0 bridgehead atoms. The predicted octanol–water partition coefficient (Wildman–Crippen LogP) is 0.248. The van der Waals surface area contributed by atoms with Crippen molar-refractivity contribution in [3.05, 3.63) is 56.4 Å². The van der Waals surface area contributed by atoms with Gasteiger partial charge in [0.25, 0.3) is 5.56 Å². The Morgan fingerprint density at radius 2 is 1.74 bits per heavy atom. The lowest BCUT2D eigenvalue weighted by Gasteiger charge is -2.29. The Hall–Kier alpha value is -2.43. The van der Waals surface area contributed by atoms with Crippen molar-refractivity contribution in [3.63, 3.8) is 0 Å². The van der Waals surface area contributed by atoms with Gasteiger partial charge in [-0.1, -0.05) is 12.1 Å². The number of sulfonamides is 1. The van der Waals surface area contributed by atoms with Crippen LogP contribution in [0, 0.1) is 6.92 Å². The maximum absolute atomic E-state index is 12.6. The molecule has 146 valence electrons. The zero-order valence-corrected chi connectivity index (χ0v) is 15.9. The zero-order chi connectivity index (χ0) is 19.6. The largest absolute Gasteiger partial charge is 0.378 e. The van der Waals surface area contributed by atoms with Crippen molar-refractivity contribution in [3.8, 4) is 0 Å². The lowest BCUT2D eigenvalue weighted by Crippen LogP contribution is -2.36. The number of rotatable bonds is 5. The molecule has 0 amide bonds. The van der Waals surface area contributed by atoms with Crippen molar-refractivity contribution >= 4 is 15.7 Å². The first kappa shape index (κ1) is 19.3. The fourth-order valence-electron chi connectivity index (χ4n) is 3.07. The summed E-state index contributed by atoms with van der Waals surface area (Å²) in [5.41, 5.74) is 0.104. The Morgan fingerprint density at radius 1 is 1.11 bits per heavy atom. The van der Waals surface area contributed by atoms with E-state index in [2.05, 4.69) is 14.6 Å². The molecule has 2 aromatic rings. The number of hydrogen-bond acceptors (Lipinski definition) is 6. The van der Waals surface area contributed by atoms with Gasteiger partial charge >= 0.3 is 5.69 Å². The molecule has 9 nitrogen and oxygen atoms in total. The number of ether oxygens (including phenoxy) is 1. The highest BCUT2D eigenvalue weighted by Crippen LogP contribution is 2.21. The quantitative estimate of drug-likeness (QED) is 0.668. The Bertz CT molecular complexity index is 1020. The van der Waals surface area contributed by atoms with Crippen molar-refractivity contribution in [1.82, 2.24) is 14.7 Å². The normalized spacial score (nSPS) is 16.3. The second kappa shape index (κ2) is 7.67. The highest BCUT2D eigenvalue weighted by molar-refractivity contribution is 7.89. The van der Waals surface area contributed by atoms with E-state index in [-0.39, 0.29) is 5.69 Å². The number of nitrogens with one attached hydrogen (secondary N) is 3. The van der Waals surface area contributed by atoms with E-state index >= 15 is 0 Å². The highest BCUT2D eigenvalue weighted by atomic mass is 32.2. The molecule has 3 N–H and O–H groups in total. The van der Waals surface area contributed by atoms with Gasteiger partial charge in [0, 0.05) is 30.5 Å². The molecule has 10 heteroatoms. The van der Waals surface area contributed by atoms with E-state index < -0.39 is 32.2 Å². The minimum Gasteiger partial charge on any atom is -0.378 e. The van der Waals surface area contributed by atoms with Crippen LogP contribution in [0.5, 0.6) is 0 Å². The summed E-state index contributed by atoms with van der Waals surface area (Å²) in [4.78, 5) is 29.1. The molecule has 2 heterocycles. The van der Waals surface area contributed by atoms with E-state index in [0.29, 0.717) is 13.2 Å². The first-order valence-corrected chi connectivity index (χ1v) is 10.0. The molecular formula is C17H22N4O5S. The Morgan fingerprint density at radius 3 is 2.33 bits per heavy atom. The number of morpholine rings is 1. The van der Waals surface area contributed by atoms with Crippen LogP contribution < -0.4 is 20.9 Å². The van der Waals surface area contributed by atoms with Crippen LogP contribution in [0.4, 0.5) is 5.69 Å². The van der Waals surface area contributed by atoms with Gasteiger partial charge in [0.05, 0.1) is 13.2 Å². The van der Waals surface area contributed by atoms with Gasteiger partial charge in [0.2, 0.25) is 10.0 Å². The van der Waals surface area contributed by atoms with E-state index in [0.717, 1.165) is 24.3 Å². The van der Waals surface area contributed by atoms with Gasteiger partial charge in [-0.15, -0.1) is 0 Å². The van der Waals surface area contributed by atoms with Crippen LogP contribution in [0.25, 0.3) is 0 Å². The standard InChI is InChI=1S/C17H22N4O5S/c1-11(13-3-5-14(6-4-13)21-7-9-26-10-8-21)20-27(24,25)15-12(2)18-17(23)19-16(15)22/h3-6,11,20H,7-10H2,1-2H3,(H2,18,19,22,23). The summed E-state index contributed by atoms with van der Waals surface area (Å²) in [6.07, 6.45) is 0. The summed E-state index contributed by atoms with van der Waals surface area (Å²) in [7, 11) is -4.11. The number of hydrogen-bond donors (Lipinski definition) is 3. The SMILES string of the molecule is Cc1[nH]c(=O)[nH]c(=O)c1S(=O)(=O)NC(C)c1ccc(N2CCOCC2)cc1. The van der Waals surface area contributed by atoms with Gasteiger partial charge in [0.15, 0.2) is 4.90 Å². The van der Waals surface area contributed by atoms with Gasteiger partial charge in [0.1, 0.15) is 0 Å². The zero-order valence-electron chi connectivity index (χ0n) is 15.1. The van der Waals surface area contributed by atoms with Crippen molar-refractivity contribution in [2.24, 2.45) is 0 Å². The smallest absolute Gasteiger partial charge is 0.325 e. The van der Waals surface area contributed by atoms with Crippen LogP contribution >= 0.6 is 0 Å². The second-order valence-electron chi connectivity index (χ2n) is 6.40. The van der Waals surface area contributed by atoms with E-state index in [9.17, 15) is 18.0 Å². The molecular weight excluding hydrogens is 372 g/mol. The van der Waals surface area contributed by atoms with Gasteiger partial charge in [-0.25, -0.2) is 17.9 Å². The molecule has 1 fully saturated rings. The summed E-state index contributed by atoms with van der Waals surface area (Å²) in [5.74, 6) is 0. The van der Waals surface area contributed by atoms with Crippen LogP contribution in [0.3, 0.4) is 0 Å². The number of aromatic amines is 2. The van der Waals surface area contributed by atoms with E-state index in [4.69, 9.17) is 4.74 Å². The third-order valence-corrected chi connectivity index (χ3v) is 6.14. The van der Waals surface area contributed by atoms with E-state index in [1.165, 1.54) is 6.92 Å². The van der Waals surface area contributed by atoms with Crippen molar-refractivity contribution in [2.45, 2.75) is 24.8 Å². The maximum atomic E-state index is 12.6. The molecule has 0 radical (unpaired) electrons. The highest BCUT2D eigenvalue weighted by Gasteiger charge is 2.24. The molecule has 1 aromatic heterocycles. The van der Waals surface area contributed by atoms with Gasteiger partial charge in [-0.2, -0.15) is 0 Å². The van der Waals surface area contributed by atoms with Crippen LogP contribution in [0.1, 0.15) is 24.2 Å². The lowest BCUT2D eigenvalue weighted by atomic mass is 10.1.